The van der Waals surface area contributed by atoms with Crippen molar-refractivity contribution < 1.29 is 0 Å². The zero-order valence-electron chi connectivity index (χ0n) is 17.5. The lowest BCUT2D eigenvalue weighted by Crippen LogP contribution is -2.38. The van der Waals surface area contributed by atoms with Crippen LogP contribution in [0.3, 0.4) is 0 Å². The van der Waals surface area contributed by atoms with Crippen LogP contribution in [0.5, 0.6) is 0 Å². The van der Waals surface area contributed by atoms with E-state index in [4.69, 9.17) is 9.98 Å². The van der Waals surface area contributed by atoms with Gasteiger partial charge < -0.3 is 9.88 Å². The molecule has 1 aromatic carbocycles. The van der Waals surface area contributed by atoms with Gasteiger partial charge in [-0.05, 0) is 43.4 Å². The summed E-state index contributed by atoms with van der Waals surface area (Å²) in [5, 5.41) is 3.71. The summed E-state index contributed by atoms with van der Waals surface area (Å²) in [4.78, 5) is 10.1. The highest BCUT2D eigenvalue weighted by Gasteiger charge is 2.17. The Morgan fingerprint density at radius 1 is 0.828 bits per heavy atom. The van der Waals surface area contributed by atoms with Crippen molar-refractivity contribution in [2.24, 2.45) is 9.98 Å². The Morgan fingerprint density at radius 2 is 1.52 bits per heavy atom. The quantitative estimate of drug-likeness (QED) is 0.576. The van der Waals surface area contributed by atoms with E-state index in [0.29, 0.717) is 12.1 Å². The topological polar surface area (TPSA) is 41.7 Å². The van der Waals surface area contributed by atoms with Gasteiger partial charge in [0.2, 0.25) is 5.96 Å². The number of nitrogens with one attached hydrogen (secondary N) is 1. The van der Waals surface area contributed by atoms with Crippen LogP contribution in [0.15, 0.2) is 64.7 Å². The summed E-state index contributed by atoms with van der Waals surface area (Å²) in [6, 6.07) is 17.8. The fraction of sp³-hybridized carbons (Fsp3) is 0.520. The van der Waals surface area contributed by atoms with Crippen molar-refractivity contribution >= 4 is 5.96 Å². The number of hydrogen-bond acceptors (Lipinski definition) is 1. The molecule has 154 valence electrons. The van der Waals surface area contributed by atoms with Crippen LogP contribution < -0.4 is 10.8 Å². The third-order valence-corrected chi connectivity index (χ3v) is 6.15. The maximum Gasteiger partial charge on any atom is 0.220 e. The van der Waals surface area contributed by atoms with E-state index < -0.39 is 0 Å². The first kappa shape index (κ1) is 19.9. The maximum atomic E-state index is 5.10. The molecular formula is C25H34N4. The second-order valence-corrected chi connectivity index (χ2v) is 8.51. The van der Waals surface area contributed by atoms with Crippen molar-refractivity contribution in [1.29, 1.82) is 0 Å². The summed E-state index contributed by atoms with van der Waals surface area (Å²) in [7, 11) is 0. The molecule has 0 bridgehead atoms. The lowest BCUT2D eigenvalue weighted by molar-refractivity contribution is 0.407. The molecule has 1 heterocycles. The molecule has 2 fully saturated rings. The minimum Gasteiger partial charge on any atom is -0.352 e. The number of aliphatic imine (C=N–C) groups is 1. The van der Waals surface area contributed by atoms with Gasteiger partial charge in [0, 0.05) is 18.8 Å². The number of guanidine groups is 1. The van der Waals surface area contributed by atoms with E-state index in [-0.39, 0.29) is 0 Å². The van der Waals surface area contributed by atoms with Gasteiger partial charge in [-0.15, -0.1) is 0 Å². The fourth-order valence-corrected chi connectivity index (χ4v) is 4.50. The van der Waals surface area contributed by atoms with E-state index in [1.54, 1.807) is 0 Å². The van der Waals surface area contributed by atoms with Gasteiger partial charge in [-0.2, -0.15) is 4.99 Å². The van der Waals surface area contributed by atoms with Gasteiger partial charge in [0.1, 0.15) is 5.49 Å². The molecule has 0 unspecified atom stereocenters. The van der Waals surface area contributed by atoms with Crippen LogP contribution >= 0.6 is 0 Å². The van der Waals surface area contributed by atoms with Crippen LogP contribution in [0.25, 0.3) is 0 Å². The molecule has 0 radical (unpaired) electrons. The monoisotopic (exact) mass is 390 g/mol. The Bertz CT molecular complexity index is 840. The molecule has 1 N–H and O–H groups in total. The number of hydrogen-bond donors (Lipinski definition) is 1. The van der Waals surface area contributed by atoms with Gasteiger partial charge >= 0.3 is 0 Å². The van der Waals surface area contributed by atoms with E-state index in [9.17, 15) is 0 Å². The standard InChI is InChI=1S/C25H34N4/c1-4-12-21(13-5-1)20-29-19-11-10-18-24(29)28-25(26-22-14-6-2-7-15-22)27-23-16-8-3-9-17-23/h1,4-5,10-13,18-19,22-23H,2-3,6-9,14-17,20H2,(H,26,27)/b28-24-. The molecule has 2 saturated carbocycles. The zero-order valence-corrected chi connectivity index (χ0v) is 17.5. The summed E-state index contributed by atoms with van der Waals surface area (Å²) in [5.74, 6) is 0.844. The predicted molar refractivity (Wildman–Crippen MR) is 120 cm³/mol. The molecule has 0 saturated heterocycles. The number of nitrogens with zero attached hydrogens (tertiary/aromatic N) is 3. The molecular weight excluding hydrogens is 356 g/mol. The van der Waals surface area contributed by atoms with Crippen molar-refractivity contribution in [2.75, 3.05) is 0 Å². The number of benzene rings is 1. The highest BCUT2D eigenvalue weighted by molar-refractivity contribution is 5.81. The molecule has 29 heavy (non-hydrogen) atoms. The SMILES string of the molecule is c1ccc(Cn2cccc/c2=N/C(=NC2CCCCC2)NC2CCCCC2)cc1. The number of pyridine rings is 1. The average molecular weight is 391 g/mol. The van der Waals surface area contributed by atoms with Crippen molar-refractivity contribution in [3.63, 3.8) is 0 Å². The van der Waals surface area contributed by atoms with Gasteiger partial charge in [-0.1, -0.05) is 74.9 Å². The Balaban J connectivity index is 1.61. The van der Waals surface area contributed by atoms with E-state index in [0.717, 1.165) is 18.0 Å². The predicted octanol–water partition coefficient (Wildman–Crippen LogP) is 5.05. The van der Waals surface area contributed by atoms with E-state index >= 15 is 0 Å². The molecule has 0 aliphatic heterocycles. The average Bonchev–Trinajstić information content (AvgIpc) is 2.77. The van der Waals surface area contributed by atoms with Crippen LogP contribution in [-0.2, 0) is 6.54 Å². The lowest BCUT2D eigenvalue weighted by atomic mass is 9.95. The van der Waals surface area contributed by atoms with Crippen LogP contribution in [0.2, 0.25) is 0 Å². The Hall–Kier alpha value is -2.36. The Labute approximate surface area is 174 Å². The summed E-state index contributed by atoms with van der Waals surface area (Å²) < 4.78 is 2.22. The third kappa shape index (κ3) is 6.06. The maximum absolute atomic E-state index is 5.10. The van der Waals surface area contributed by atoms with Crippen molar-refractivity contribution in [3.8, 4) is 0 Å². The minimum absolute atomic E-state index is 0.421. The van der Waals surface area contributed by atoms with Crippen LogP contribution in [0.4, 0.5) is 0 Å². The second kappa shape index (κ2) is 10.4. The van der Waals surface area contributed by atoms with E-state index in [1.165, 1.54) is 69.8 Å². The van der Waals surface area contributed by atoms with E-state index in [1.807, 2.05) is 0 Å². The minimum atomic E-state index is 0.421. The third-order valence-electron chi connectivity index (χ3n) is 6.15. The normalized spacial score (nSPS) is 20.0. The van der Waals surface area contributed by atoms with Crippen molar-refractivity contribution in [1.82, 2.24) is 9.88 Å². The summed E-state index contributed by atoms with van der Waals surface area (Å²) in [5.41, 5.74) is 2.25. The van der Waals surface area contributed by atoms with E-state index in [2.05, 4.69) is 64.6 Å². The molecule has 2 aliphatic carbocycles. The second-order valence-electron chi connectivity index (χ2n) is 8.51. The first-order chi connectivity index (χ1) is 14.4. The summed E-state index contributed by atoms with van der Waals surface area (Å²) in [6.45, 7) is 0.820. The van der Waals surface area contributed by atoms with Crippen molar-refractivity contribution in [2.45, 2.75) is 82.8 Å². The smallest absolute Gasteiger partial charge is 0.220 e. The van der Waals surface area contributed by atoms with Crippen molar-refractivity contribution in [3.05, 3.63) is 65.8 Å². The highest BCUT2D eigenvalue weighted by atomic mass is 15.2. The number of aromatic nitrogens is 1. The Kier molecular flexibility index (Phi) is 7.17. The first-order valence-electron chi connectivity index (χ1n) is 11.5. The zero-order chi connectivity index (χ0) is 19.7. The molecule has 2 aliphatic rings. The van der Waals surface area contributed by atoms with Gasteiger partial charge in [0.25, 0.3) is 0 Å². The molecule has 0 amide bonds. The highest BCUT2D eigenvalue weighted by Crippen LogP contribution is 2.21. The largest absolute Gasteiger partial charge is 0.352 e. The van der Waals surface area contributed by atoms with Crippen LogP contribution in [0, 0.1) is 0 Å². The lowest BCUT2D eigenvalue weighted by Gasteiger charge is -2.25. The molecule has 0 atom stereocenters. The molecule has 0 spiro atoms. The van der Waals surface area contributed by atoms with Crippen LogP contribution in [0.1, 0.15) is 69.8 Å². The Morgan fingerprint density at radius 3 is 2.28 bits per heavy atom. The molecule has 4 rings (SSSR count). The summed E-state index contributed by atoms with van der Waals surface area (Å²) >= 11 is 0. The van der Waals surface area contributed by atoms with Crippen LogP contribution in [-0.4, -0.2) is 22.6 Å². The first-order valence-corrected chi connectivity index (χ1v) is 11.5. The number of rotatable bonds is 4. The summed E-state index contributed by atoms with van der Waals surface area (Å²) in [6.07, 6.45) is 14.9. The van der Waals surface area contributed by atoms with Gasteiger partial charge in [0.05, 0.1) is 6.04 Å². The fourth-order valence-electron chi connectivity index (χ4n) is 4.50. The molecule has 1 aromatic heterocycles. The van der Waals surface area contributed by atoms with Gasteiger partial charge in [-0.25, -0.2) is 4.99 Å². The van der Waals surface area contributed by atoms with Gasteiger partial charge in [-0.3, -0.25) is 0 Å². The molecule has 2 aromatic rings. The molecule has 4 nitrogen and oxygen atoms in total. The molecule has 4 heteroatoms. The van der Waals surface area contributed by atoms with Gasteiger partial charge in [0.15, 0.2) is 0 Å².